The van der Waals surface area contributed by atoms with Crippen LogP contribution in [0.15, 0.2) is 54.7 Å². The quantitative estimate of drug-likeness (QED) is 0.719. The summed E-state index contributed by atoms with van der Waals surface area (Å²) >= 11 is 6.03. The summed E-state index contributed by atoms with van der Waals surface area (Å²) < 4.78 is 0. The lowest BCUT2D eigenvalue weighted by Crippen LogP contribution is -2.01. The second-order valence-corrected chi connectivity index (χ2v) is 6.15. The van der Waals surface area contributed by atoms with Gasteiger partial charge in [-0.05, 0) is 48.6 Å². The van der Waals surface area contributed by atoms with Crippen LogP contribution in [0.1, 0.15) is 17.5 Å². The Kier molecular flexibility index (Phi) is 3.72. The van der Waals surface area contributed by atoms with Crippen LogP contribution in [0.5, 0.6) is 0 Å². The van der Waals surface area contributed by atoms with Crippen LogP contribution in [-0.2, 0) is 12.8 Å². The summed E-state index contributed by atoms with van der Waals surface area (Å²) in [5.74, 6) is 0.600. The number of anilines is 2. The second kappa shape index (κ2) is 6.01. The fourth-order valence-electron chi connectivity index (χ4n) is 3.02. The maximum Gasteiger partial charge on any atom is 0.227 e. The maximum absolute atomic E-state index is 6.03. The number of hydrogen-bond acceptors (Lipinski definition) is 3. The van der Waals surface area contributed by atoms with Crippen molar-refractivity contribution in [2.24, 2.45) is 0 Å². The van der Waals surface area contributed by atoms with Crippen LogP contribution in [-0.4, -0.2) is 9.97 Å². The van der Waals surface area contributed by atoms with Crippen LogP contribution >= 0.6 is 11.6 Å². The Bertz CT molecular complexity index is 861. The minimum absolute atomic E-state index is 0.600. The normalized spacial score (nSPS) is 12.9. The van der Waals surface area contributed by atoms with Crippen molar-refractivity contribution in [3.05, 3.63) is 70.9 Å². The molecule has 0 saturated heterocycles. The molecule has 1 N–H and O–H groups in total. The van der Waals surface area contributed by atoms with Crippen molar-refractivity contribution >= 4 is 23.2 Å². The van der Waals surface area contributed by atoms with Crippen molar-refractivity contribution in [2.75, 3.05) is 5.32 Å². The Morgan fingerprint density at radius 1 is 0.957 bits per heavy atom. The van der Waals surface area contributed by atoms with Gasteiger partial charge in [0.05, 0.1) is 5.69 Å². The van der Waals surface area contributed by atoms with Gasteiger partial charge < -0.3 is 5.32 Å². The molecule has 1 aromatic heterocycles. The molecule has 0 unspecified atom stereocenters. The zero-order chi connectivity index (χ0) is 15.6. The Hall–Kier alpha value is -2.39. The van der Waals surface area contributed by atoms with Crippen LogP contribution in [0.2, 0.25) is 5.02 Å². The van der Waals surface area contributed by atoms with Crippen molar-refractivity contribution in [3.8, 4) is 11.3 Å². The number of rotatable bonds is 2. The van der Waals surface area contributed by atoms with Crippen molar-refractivity contribution in [1.29, 1.82) is 0 Å². The Labute approximate surface area is 140 Å². The fourth-order valence-corrected chi connectivity index (χ4v) is 3.21. The van der Waals surface area contributed by atoms with E-state index in [-0.39, 0.29) is 0 Å². The Balaban J connectivity index is 1.75. The molecule has 3 nitrogen and oxygen atoms in total. The topological polar surface area (TPSA) is 37.8 Å². The van der Waals surface area contributed by atoms with Crippen LogP contribution in [0.25, 0.3) is 11.3 Å². The van der Waals surface area contributed by atoms with Gasteiger partial charge in [-0.3, -0.25) is 0 Å². The number of benzene rings is 2. The number of nitrogens with zero attached hydrogens (tertiary/aromatic N) is 2. The molecule has 0 bridgehead atoms. The average molecular weight is 322 g/mol. The van der Waals surface area contributed by atoms with E-state index in [1.165, 1.54) is 16.7 Å². The van der Waals surface area contributed by atoms with E-state index >= 15 is 0 Å². The first kappa shape index (κ1) is 14.2. The third kappa shape index (κ3) is 2.92. The average Bonchev–Trinajstić information content (AvgIpc) is 2.74. The van der Waals surface area contributed by atoms with E-state index in [0.29, 0.717) is 11.0 Å². The summed E-state index contributed by atoms with van der Waals surface area (Å²) in [7, 11) is 0. The third-order valence-corrected chi connectivity index (χ3v) is 4.35. The van der Waals surface area contributed by atoms with Crippen LogP contribution in [0, 0.1) is 0 Å². The molecule has 1 aliphatic carbocycles. The molecule has 4 heteroatoms. The molecule has 114 valence electrons. The minimum Gasteiger partial charge on any atom is -0.324 e. The Morgan fingerprint density at radius 3 is 2.74 bits per heavy atom. The zero-order valence-corrected chi connectivity index (χ0v) is 13.3. The van der Waals surface area contributed by atoms with Crippen molar-refractivity contribution in [1.82, 2.24) is 9.97 Å². The fraction of sp³-hybridized carbons (Fsp3) is 0.158. The molecule has 2 aromatic carbocycles. The smallest absolute Gasteiger partial charge is 0.227 e. The highest BCUT2D eigenvalue weighted by molar-refractivity contribution is 6.30. The van der Waals surface area contributed by atoms with Crippen molar-refractivity contribution < 1.29 is 0 Å². The van der Waals surface area contributed by atoms with Crippen molar-refractivity contribution in [2.45, 2.75) is 19.3 Å². The van der Waals surface area contributed by atoms with E-state index in [9.17, 15) is 0 Å². The molecule has 0 atom stereocenters. The minimum atomic E-state index is 0.600. The van der Waals surface area contributed by atoms with Gasteiger partial charge in [0.25, 0.3) is 0 Å². The van der Waals surface area contributed by atoms with E-state index < -0.39 is 0 Å². The van der Waals surface area contributed by atoms with E-state index in [2.05, 4.69) is 34.6 Å². The third-order valence-electron chi connectivity index (χ3n) is 4.11. The van der Waals surface area contributed by atoms with Crippen LogP contribution in [0.4, 0.5) is 11.6 Å². The lowest BCUT2D eigenvalue weighted by atomic mass is 10.0. The summed E-state index contributed by atoms with van der Waals surface area (Å²) in [5, 5.41) is 3.93. The first-order valence-electron chi connectivity index (χ1n) is 7.76. The molecular weight excluding hydrogens is 306 g/mol. The van der Waals surface area contributed by atoms with Gasteiger partial charge in [-0.2, -0.15) is 0 Å². The summed E-state index contributed by atoms with van der Waals surface area (Å²) in [6.45, 7) is 0. The van der Waals surface area contributed by atoms with Gasteiger partial charge >= 0.3 is 0 Å². The predicted molar refractivity (Wildman–Crippen MR) is 94.2 cm³/mol. The molecule has 23 heavy (non-hydrogen) atoms. The summed E-state index contributed by atoms with van der Waals surface area (Å²) in [5.41, 5.74) is 5.72. The van der Waals surface area contributed by atoms with Crippen molar-refractivity contribution in [3.63, 3.8) is 0 Å². The maximum atomic E-state index is 6.03. The van der Waals surface area contributed by atoms with Crippen LogP contribution < -0.4 is 5.32 Å². The molecule has 1 heterocycles. The SMILES string of the molecule is Clc1cccc(Nc2ncc3c(n2)-c2ccccc2CCC3)c1. The van der Waals surface area contributed by atoms with E-state index in [4.69, 9.17) is 16.6 Å². The van der Waals surface area contributed by atoms with Gasteiger partial charge in [0.1, 0.15) is 0 Å². The van der Waals surface area contributed by atoms with E-state index in [1.54, 1.807) is 0 Å². The number of halogens is 1. The number of nitrogens with one attached hydrogen (secondary N) is 1. The van der Waals surface area contributed by atoms with E-state index in [0.717, 1.165) is 30.6 Å². The van der Waals surface area contributed by atoms with Gasteiger partial charge in [0, 0.05) is 22.5 Å². The highest BCUT2D eigenvalue weighted by atomic mass is 35.5. The first-order chi connectivity index (χ1) is 11.3. The highest BCUT2D eigenvalue weighted by Gasteiger charge is 2.16. The molecule has 0 spiro atoms. The Morgan fingerprint density at radius 2 is 1.83 bits per heavy atom. The van der Waals surface area contributed by atoms with Gasteiger partial charge in [0.2, 0.25) is 5.95 Å². The zero-order valence-electron chi connectivity index (χ0n) is 12.6. The molecule has 0 saturated carbocycles. The summed E-state index contributed by atoms with van der Waals surface area (Å²) in [6, 6.07) is 16.1. The van der Waals surface area contributed by atoms with Gasteiger partial charge in [0.15, 0.2) is 0 Å². The van der Waals surface area contributed by atoms with Gasteiger partial charge in [-0.15, -0.1) is 0 Å². The summed E-state index contributed by atoms with van der Waals surface area (Å²) in [6.07, 6.45) is 5.18. The number of aromatic nitrogens is 2. The predicted octanol–water partition coefficient (Wildman–Crippen LogP) is 5.03. The molecule has 0 amide bonds. The standard InChI is InChI=1S/C19H16ClN3/c20-15-8-4-9-16(11-15)22-19-21-12-14-7-3-6-13-5-1-2-10-17(13)18(14)23-19/h1-2,4-5,8-12H,3,6-7H2,(H,21,22,23). The molecular formula is C19H16ClN3. The largest absolute Gasteiger partial charge is 0.324 e. The number of fused-ring (bicyclic) bond motifs is 3. The molecule has 0 radical (unpaired) electrons. The van der Waals surface area contributed by atoms with E-state index in [1.807, 2.05) is 30.5 Å². The monoisotopic (exact) mass is 321 g/mol. The molecule has 3 aromatic rings. The lowest BCUT2D eigenvalue weighted by molar-refractivity contribution is 0.829. The molecule has 0 fully saturated rings. The highest BCUT2D eigenvalue weighted by Crippen LogP contribution is 2.31. The van der Waals surface area contributed by atoms with Gasteiger partial charge in [-0.1, -0.05) is 41.9 Å². The molecule has 1 aliphatic rings. The summed E-state index contributed by atoms with van der Waals surface area (Å²) in [4.78, 5) is 9.24. The lowest BCUT2D eigenvalue weighted by Gasteiger charge is -2.11. The number of aryl methyl sites for hydroxylation is 2. The molecule has 4 rings (SSSR count). The second-order valence-electron chi connectivity index (χ2n) is 5.71. The van der Waals surface area contributed by atoms with Gasteiger partial charge in [-0.25, -0.2) is 9.97 Å². The van der Waals surface area contributed by atoms with Crippen LogP contribution in [0.3, 0.4) is 0 Å². The number of hydrogen-bond donors (Lipinski definition) is 1. The first-order valence-corrected chi connectivity index (χ1v) is 8.14. The molecule has 0 aliphatic heterocycles.